The Morgan fingerprint density at radius 2 is 2.11 bits per heavy atom. The molecule has 1 aliphatic rings. The van der Waals surface area contributed by atoms with Crippen molar-refractivity contribution in [3.05, 3.63) is 40.7 Å². The van der Waals surface area contributed by atoms with Gasteiger partial charge in [0.05, 0.1) is 10.3 Å². The summed E-state index contributed by atoms with van der Waals surface area (Å²) in [6.07, 6.45) is 3.19. The summed E-state index contributed by atoms with van der Waals surface area (Å²) in [7, 11) is 0. The lowest BCUT2D eigenvalue weighted by Gasteiger charge is -2.39. The van der Waals surface area contributed by atoms with E-state index in [2.05, 4.69) is 9.88 Å². The van der Waals surface area contributed by atoms with Crippen LogP contribution < -0.4 is 10.6 Å². The van der Waals surface area contributed by atoms with E-state index in [4.69, 9.17) is 5.73 Å². The summed E-state index contributed by atoms with van der Waals surface area (Å²) in [5.41, 5.74) is 6.84. The van der Waals surface area contributed by atoms with Crippen LogP contribution in [0.15, 0.2) is 30.6 Å². The van der Waals surface area contributed by atoms with Crippen molar-refractivity contribution in [3.63, 3.8) is 0 Å². The van der Waals surface area contributed by atoms with Crippen molar-refractivity contribution in [1.29, 1.82) is 0 Å². The lowest BCUT2D eigenvalue weighted by molar-refractivity contribution is -0.383. The average Bonchev–Trinajstić information content (AvgIpc) is 2.33. The van der Waals surface area contributed by atoms with E-state index >= 15 is 0 Å². The monoisotopic (exact) mass is 244 g/mol. The highest BCUT2D eigenvalue weighted by Gasteiger charge is 2.26. The maximum atomic E-state index is 11.0. The number of aromatic nitrogens is 1. The lowest BCUT2D eigenvalue weighted by atomic mass is 10.0. The number of fused-ring (bicyclic) bond motifs is 1. The number of hydrogen-bond donors (Lipinski definition) is 1. The van der Waals surface area contributed by atoms with Gasteiger partial charge in [0, 0.05) is 48.7 Å². The second-order valence-electron chi connectivity index (χ2n) is 4.45. The van der Waals surface area contributed by atoms with Gasteiger partial charge < -0.3 is 10.6 Å². The standard InChI is InChI=1S/C12H12N4O2/c13-8-6-15(7-8)11-1-2-12(16(17)18)10-5-14-4-3-9(10)11/h1-5,8H,6-7,13H2. The smallest absolute Gasteiger partial charge is 0.278 e. The summed E-state index contributed by atoms with van der Waals surface area (Å²) in [4.78, 5) is 16.7. The van der Waals surface area contributed by atoms with Crippen LogP contribution in [0.4, 0.5) is 11.4 Å². The van der Waals surface area contributed by atoms with Crippen LogP contribution in [-0.4, -0.2) is 29.0 Å². The first-order valence-electron chi connectivity index (χ1n) is 5.68. The summed E-state index contributed by atoms with van der Waals surface area (Å²) >= 11 is 0. The molecule has 2 heterocycles. The molecule has 0 aliphatic carbocycles. The number of rotatable bonds is 2. The van der Waals surface area contributed by atoms with Gasteiger partial charge in [-0.3, -0.25) is 15.1 Å². The van der Waals surface area contributed by atoms with Gasteiger partial charge in [-0.2, -0.15) is 0 Å². The zero-order valence-electron chi connectivity index (χ0n) is 9.61. The van der Waals surface area contributed by atoms with Crippen molar-refractivity contribution >= 4 is 22.1 Å². The summed E-state index contributed by atoms with van der Waals surface area (Å²) in [6.45, 7) is 1.57. The van der Waals surface area contributed by atoms with E-state index in [0.717, 1.165) is 24.2 Å². The van der Waals surface area contributed by atoms with Gasteiger partial charge in [0.2, 0.25) is 0 Å². The van der Waals surface area contributed by atoms with E-state index < -0.39 is 0 Å². The van der Waals surface area contributed by atoms with Crippen LogP contribution in [0.5, 0.6) is 0 Å². The highest BCUT2D eigenvalue weighted by atomic mass is 16.6. The number of nitrogens with zero attached hydrogens (tertiary/aromatic N) is 3. The highest BCUT2D eigenvalue weighted by Crippen LogP contribution is 2.34. The Bertz CT molecular complexity index is 623. The van der Waals surface area contributed by atoms with Crippen molar-refractivity contribution in [2.24, 2.45) is 5.73 Å². The number of pyridine rings is 1. The Morgan fingerprint density at radius 1 is 1.33 bits per heavy atom. The minimum Gasteiger partial charge on any atom is -0.368 e. The van der Waals surface area contributed by atoms with E-state index in [0.29, 0.717) is 5.39 Å². The van der Waals surface area contributed by atoms with Crippen LogP contribution >= 0.6 is 0 Å². The van der Waals surface area contributed by atoms with Gasteiger partial charge in [0.25, 0.3) is 5.69 Å². The van der Waals surface area contributed by atoms with Crippen LogP contribution in [-0.2, 0) is 0 Å². The quantitative estimate of drug-likeness (QED) is 0.635. The minimum atomic E-state index is -0.379. The Balaban J connectivity index is 2.17. The molecule has 2 aromatic rings. The normalized spacial score (nSPS) is 15.7. The molecule has 1 aliphatic heterocycles. The van der Waals surface area contributed by atoms with Gasteiger partial charge in [-0.1, -0.05) is 0 Å². The van der Waals surface area contributed by atoms with Crippen molar-refractivity contribution in [1.82, 2.24) is 4.98 Å². The second kappa shape index (κ2) is 3.92. The second-order valence-corrected chi connectivity index (χ2v) is 4.45. The van der Waals surface area contributed by atoms with Crippen LogP contribution in [0, 0.1) is 10.1 Å². The van der Waals surface area contributed by atoms with Gasteiger partial charge in [0.1, 0.15) is 0 Å². The Labute approximate surface area is 103 Å². The molecular formula is C12H12N4O2. The molecule has 0 bridgehead atoms. The van der Waals surface area contributed by atoms with Crippen LogP contribution in [0.2, 0.25) is 0 Å². The van der Waals surface area contributed by atoms with Crippen LogP contribution in [0.3, 0.4) is 0 Å². The van der Waals surface area contributed by atoms with Crippen LogP contribution in [0.1, 0.15) is 0 Å². The third-order valence-corrected chi connectivity index (χ3v) is 3.22. The number of non-ortho nitro benzene ring substituents is 1. The largest absolute Gasteiger partial charge is 0.368 e. The third kappa shape index (κ3) is 1.58. The lowest BCUT2D eigenvalue weighted by Crippen LogP contribution is -2.55. The van der Waals surface area contributed by atoms with Crippen molar-refractivity contribution in [3.8, 4) is 0 Å². The summed E-state index contributed by atoms with van der Waals surface area (Å²) in [5.74, 6) is 0. The number of anilines is 1. The van der Waals surface area contributed by atoms with Gasteiger partial charge in [-0.05, 0) is 12.1 Å². The van der Waals surface area contributed by atoms with Gasteiger partial charge in [0.15, 0.2) is 0 Å². The Morgan fingerprint density at radius 3 is 2.78 bits per heavy atom. The molecule has 2 N–H and O–H groups in total. The van der Waals surface area contributed by atoms with E-state index in [9.17, 15) is 10.1 Å². The van der Waals surface area contributed by atoms with Gasteiger partial charge >= 0.3 is 0 Å². The van der Waals surface area contributed by atoms with Gasteiger partial charge in [-0.25, -0.2) is 0 Å². The molecular weight excluding hydrogens is 232 g/mol. The molecule has 1 fully saturated rings. The fraction of sp³-hybridized carbons (Fsp3) is 0.250. The molecule has 0 unspecified atom stereocenters. The molecule has 3 rings (SSSR count). The molecule has 6 heteroatoms. The number of nitro benzene ring substituents is 1. The molecule has 1 aromatic heterocycles. The van der Waals surface area contributed by atoms with E-state index in [-0.39, 0.29) is 16.7 Å². The number of hydrogen-bond acceptors (Lipinski definition) is 5. The SMILES string of the molecule is NC1CN(c2ccc([N+](=O)[O-])c3cnccc23)C1. The predicted octanol–water partition coefficient (Wildman–Crippen LogP) is 1.29. The predicted molar refractivity (Wildman–Crippen MR) is 68.6 cm³/mol. The molecule has 92 valence electrons. The zero-order chi connectivity index (χ0) is 12.7. The number of benzene rings is 1. The fourth-order valence-electron chi connectivity index (χ4n) is 2.30. The minimum absolute atomic E-state index is 0.0895. The summed E-state index contributed by atoms with van der Waals surface area (Å²) in [5, 5.41) is 12.4. The first-order valence-corrected chi connectivity index (χ1v) is 5.68. The molecule has 0 radical (unpaired) electrons. The third-order valence-electron chi connectivity index (χ3n) is 3.22. The Hall–Kier alpha value is -2.21. The van der Waals surface area contributed by atoms with Crippen molar-refractivity contribution in [2.75, 3.05) is 18.0 Å². The van der Waals surface area contributed by atoms with Gasteiger partial charge in [-0.15, -0.1) is 0 Å². The van der Waals surface area contributed by atoms with E-state index in [1.807, 2.05) is 6.07 Å². The maximum Gasteiger partial charge on any atom is 0.278 e. The molecule has 0 amide bonds. The first-order chi connectivity index (χ1) is 8.66. The summed E-state index contributed by atoms with van der Waals surface area (Å²) < 4.78 is 0. The zero-order valence-corrected chi connectivity index (χ0v) is 9.61. The molecule has 1 aromatic carbocycles. The molecule has 6 nitrogen and oxygen atoms in total. The molecule has 0 saturated carbocycles. The van der Waals surface area contributed by atoms with Crippen molar-refractivity contribution in [2.45, 2.75) is 6.04 Å². The first kappa shape index (κ1) is 10.9. The Kier molecular flexibility index (Phi) is 2.38. The van der Waals surface area contributed by atoms with Crippen LogP contribution in [0.25, 0.3) is 10.8 Å². The summed E-state index contributed by atoms with van der Waals surface area (Å²) in [6, 6.07) is 5.31. The van der Waals surface area contributed by atoms with E-state index in [1.54, 1.807) is 12.3 Å². The van der Waals surface area contributed by atoms with E-state index in [1.165, 1.54) is 12.3 Å². The number of nitrogens with two attached hydrogens (primary N) is 1. The fourth-order valence-corrected chi connectivity index (χ4v) is 2.30. The highest BCUT2D eigenvalue weighted by molar-refractivity contribution is 5.99. The molecule has 18 heavy (non-hydrogen) atoms. The average molecular weight is 244 g/mol. The number of nitro groups is 1. The maximum absolute atomic E-state index is 11.0. The van der Waals surface area contributed by atoms with Crippen molar-refractivity contribution < 1.29 is 4.92 Å². The molecule has 0 atom stereocenters. The molecule has 1 saturated heterocycles. The molecule has 0 spiro atoms. The topological polar surface area (TPSA) is 85.3 Å².